The first kappa shape index (κ1) is 82.2. The minimum absolute atomic E-state index is 0.0331. The third kappa shape index (κ3) is 21.1. The lowest BCUT2D eigenvalue weighted by Gasteiger charge is -2.31. The maximum absolute atomic E-state index is 14.4. The van der Waals surface area contributed by atoms with Gasteiger partial charge in [-0.3, -0.25) is 33.7 Å². The molecular weight excluding hydrogens is 1450 g/mol. The van der Waals surface area contributed by atoms with Crippen molar-refractivity contribution in [1.29, 1.82) is 0 Å². The molecule has 12 aromatic heterocycles. The van der Waals surface area contributed by atoms with Gasteiger partial charge in [-0.05, 0) is 107 Å². The average molecular weight is 1530 g/mol. The molecule has 110 heavy (non-hydrogen) atoms. The van der Waals surface area contributed by atoms with Gasteiger partial charge in [-0.25, -0.2) is 71.8 Å². The highest BCUT2D eigenvalue weighted by atomic mass is 19.4. The van der Waals surface area contributed by atoms with Crippen molar-refractivity contribution in [2.75, 3.05) is 12.0 Å². The quantitative estimate of drug-likeness (QED) is 0.0285. The Hall–Kier alpha value is -11.9. The van der Waals surface area contributed by atoms with Gasteiger partial charge in [-0.2, -0.15) is 18.3 Å². The average Bonchev–Trinajstić information content (AvgIpc) is 1.61. The fourth-order valence-electron chi connectivity index (χ4n) is 11.8. The second-order valence-corrected chi connectivity index (χ2v) is 30.3. The zero-order valence-corrected chi connectivity index (χ0v) is 61.5. The van der Waals surface area contributed by atoms with Gasteiger partial charge in [-0.1, -0.05) is 76.2 Å². The number of aromatic amines is 4. The van der Waals surface area contributed by atoms with Crippen LogP contribution in [0.25, 0.3) is 89.7 Å². The Morgan fingerprint density at radius 3 is 1.44 bits per heavy atom. The lowest BCUT2D eigenvalue weighted by atomic mass is 9.74. The number of carboxylic acid groups (broad SMARTS) is 4. The number of hydrogen-bond acceptors (Lipinski definition) is 17. The van der Waals surface area contributed by atoms with E-state index in [0.717, 1.165) is 48.4 Å². The first-order valence-electron chi connectivity index (χ1n) is 34.4. The monoisotopic (exact) mass is 1530 g/mol. The van der Waals surface area contributed by atoms with Crippen LogP contribution in [0.2, 0.25) is 0 Å². The molecule has 1 unspecified atom stereocenters. The number of nitrogens with one attached hydrogen (secondary N) is 5. The summed E-state index contributed by atoms with van der Waals surface area (Å²) in [5.41, 5.74) is 2.85. The molecule has 12 aromatic rings. The molecule has 0 aromatic carbocycles. The van der Waals surface area contributed by atoms with Crippen LogP contribution in [0.5, 0.6) is 0 Å². The molecule has 9 N–H and O–H groups in total. The molecule has 12 heterocycles. The lowest BCUT2D eigenvalue weighted by Crippen LogP contribution is -2.36. The zero-order valence-electron chi connectivity index (χ0n) is 61.5. The normalized spacial score (nSPS) is 13.2. The van der Waals surface area contributed by atoms with Crippen LogP contribution < -0.4 is 5.32 Å². The fraction of sp³-hybridized carbons (Fsp3) is 0.368. The summed E-state index contributed by atoms with van der Waals surface area (Å²) in [5, 5.41) is 48.1. The maximum Gasteiger partial charge on any atom is 0.417 e. The van der Waals surface area contributed by atoms with E-state index >= 15 is 0 Å². The number of aromatic nitrogens is 16. The number of rotatable bonds is 22. The highest BCUT2D eigenvalue weighted by Crippen LogP contribution is 2.39. The van der Waals surface area contributed by atoms with Crippen LogP contribution in [-0.2, 0) is 44.6 Å². The Bertz CT molecular complexity index is 5140. The number of pyridine rings is 5. The van der Waals surface area contributed by atoms with Crippen molar-refractivity contribution in [2.45, 2.75) is 133 Å². The summed E-state index contributed by atoms with van der Waals surface area (Å²) in [6.07, 6.45) is 9.96. The predicted octanol–water partition coefficient (Wildman–Crippen LogP) is 16.1. The maximum atomic E-state index is 14.4. The van der Waals surface area contributed by atoms with E-state index in [1.165, 1.54) is 30.5 Å². The minimum Gasteiger partial charge on any atom is -0.481 e. The molecule has 0 bridgehead atoms. The number of halogens is 9. The molecule has 0 aliphatic heterocycles. The van der Waals surface area contributed by atoms with E-state index < -0.39 is 94.2 Å². The number of fused-ring (bicyclic) bond motifs is 4. The summed E-state index contributed by atoms with van der Waals surface area (Å²) < 4.78 is 122. The summed E-state index contributed by atoms with van der Waals surface area (Å²) in [6.45, 7) is 20.0. The number of alkyl halides is 4. The van der Waals surface area contributed by atoms with Crippen LogP contribution >= 0.6 is 0 Å². The molecular formula is C76H80F9N17O8. The Balaban J connectivity index is 0.000000169. The van der Waals surface area contributed by atoms with E-state index in [-0.39, 0.29) is 88.6 Å². The predicted molar refractivity (Wildman–Crippen MR) is 389 cm³/mol. The van der Waals surface area contributed by atoms with Gasteiger partial charge in [0.1, 0.15) is 45.9 Å². The van der Waals surface area contributed by atoms with Crippen LogP contribution in [-0.4, -0.2) is 137 Å². The Morgan fingerprint density at radius 2 is 0.927 bits per heavy atom. The SMILES string of the molecule is CC(C)(C)[C@@H](CC(=O)O)Cc1ccnc(-c2[nH]nc3ncc(F)cc23)n1.CC(C)(C)[C@@H](CC(=O)O)Cc1ccnc(-c2c[nH]c3ncc(F)cc23)n1.CC(C)(C)[C@@H](CC(=O)O)Nc1nc(-c2c[nH]c3ncc(C(F)(F)F)cc23)ncc1F.CC(C)(CF)C(CC(=O)O)Cc1cc(-c2c[nH]c3ncc(F)cc23)ncc1F. The Morgan fingerprint density at radius 1 is 0.473 bits per heavy atom. The van der Waals surface area contributed by atoms with Gasteiger partial charge in [-0.15, -0.1) is 0 Å². The Kier molecular flexibility index (Phi) is 25.2. The van der Waals surface area contributed by atoms with Crippen LogP contribution in [0.1, 0.15) is 124 Å². The van der Waals surface area contributed by atoms with Gasteiger partial charge in [0.15, 0.2) is 34.8 Å². The number of H-pyrrole nitrogens is 4. The van der Waals surface area contributed by atoms with Crippen LogP contribution in [0.4, 0.5) is 45.3 Å². The summed E-state index contributed by atoms with van der Waals surface area (Å²) in [5.74, 6) is -6.81. The number of hydrogen-bond donors (Lipinski definition) is 9. The van der Waals surface area contributed by atoms with Crippen molar-refractivity contribution in [1.82, 2.24) is 80.0 Å². The van der Waals surface area contributed by atoms with Gasteiger partial charge in [0, 0.05) is 107 Å². The van der Waals surface area contributed by atoms with E-state index in [4.69, 9.17) is 10.2 Å². The largest absolute Gasteiger partial charge is 0.481 e. The summed E-state index contributed by atoms with van der Waals surface area (Å²) in [7, 11) is 0. The van der Waals surface area contributed by atoms with Gasteiger partial charge in [0.25, 0.3) is 0 Å². The molecule has 0 spiro atoms. The fourth-order valence-corrected chi connectivity index (χ4v) is 11.8. The van der Waals surface area contributed by atoms with Crippen LogP contribution in [0, 0.1) is 68.5 Å². The first-order chi connectivity index (χ1) is 51.5. The van der Waals surface area contributed by atoms with E-state index in [1.54, 1.807) is 71.5 Å². The van der Waals surface area contributed by atoms with Crippen molar-refractivity contribution in [2.24, 2.45) is 39.4 Å². The third-order valence-corrected chi connectivity index (χ3v) is 18.6. The molecule has 580 valence electrons. The van der Waals surface area contributed by atoms with E-state index in [2.05, 4.69) is 85.3 Å². The Labute approximate surface area is 623 Å². The molecule has 0 aliphatic carbocycles. The third-order valence-electron chi connectivity index (χ3n) is 18.6. The van der Waals surface area contributed by atoms with Crippen molar-refractivity contribution < 1.29 is 79.1 Å². The molecule has 0 fully saturated rings. The number of aliphatic carboxylic acids is 4. The highest BCUT2D eigenvalue weighted by Gasteiger charge is 2.36. The molecule has 0 saturated heterocycles. The molecule has 0 aliphatic rings. The van der Waals surface area contributed by atoms with Crippen LogP contribution in [0.3, 0.4) is 0 Å². The molecule has 25 nitrogen and oxygen atoms in total. The first-order valence-corrected chi connectivity index (χ1v) is 34.4. The lowest BCUT2D eigenvalue weighted by molar-refractivity contribution is -0.140. The summed E-state index contributed by atoms with van der Waals surface area (Å²) in [4.78, 5) is 98.8. The molecule has 12 rings (SSSR count). The van der Waals surface area contributed by atoms with Crippen LogP contribution in [0.15, 0.2) is 111 Å². The van der Waals surface area contributed by atoms with Gasteiger partial charge in [0.05, 0.1) is 60.7 Å². The zero-order chi connectivity index (χ0) is 80.5. The molecule has 0 saturated carbocycles. The smallest absolute Gasteiger partial charge is 0.417 e. The van der Waals surface area contributed by atoms with E-state index in [0.29, 0.717) is 86.3 Å². The van der Waals surface area contributed by atoms with Gasteiger partial charge < -0.3 is 40.7 Å². The minimum atomic E-state index is -4.58. The number of nitrogens with zero attached hydrogens (tertiary/aromatic N) is 12. The second-order valence-electron chi connectivity index (χ2n) is 30.3. The van der Waals surface area contributed by atoms with Crippen molar-refractivity contribution in [3.8, 4) is 45.6 Å². The van der Waals surface area contributed by atoms with E-state index in [9.17, 15) is 68.9 Å². The number of anilines is 1. The topological polar surface area (TPSA) is 379 Å². The standard InChI is InChI=1S/C20H20F3N3O2.C19H19F4N5O2.C19H21FN4O2.C18H20FN5O2/c1-20(2,10-21)12(5-18(27)28)3-11-4-17(24-9-16(11)23)15-8-26-19-14(15)6-13(22)7-25-19;1-18(2,3)13(5-14(29)30)27-17-12(20)8-26-16(28-17)11-7-25-15-10(11)4-9(6-24-15)19(21,22)23;1-19(2,3)11(7-16(25)26)6-13-4-5-21-18(24-13)15-10-23-17-14(15)8-12(20)9-22-17;1-18(2,3)10(7-14(25)26)6-12-4-5-20-17(22-12)15-13-8-11(19)9-21-16(13)24-23-15/h4,6-9,12H,3,5,10H2,1-2H3,(H,25,26)(H,27,28);4,6-8,13H,5H2,1-3H3,(H,24,25)(H,29,30)(H,26,27,28);4-5,8-11H,6-7H2,1-3H3,(H,22,23)(H,25,26);4-5,8-10H,6-7H2,1-3H3,(H,25,26)(H,21,23,24)/t;13-;11-;10-/m.111/s1. The van der Waals surface area contributed by atoms with Crippen molar-refractivity contribution >= 4 is 73.8 Å². The molecule has 4 atom stereocenters. The summed E-state index contributed by atoms with van der Waals surface area (Å²) in [6, 6.07) is 9.33. The van der Waals surface area contributed by atoms with Crippen molar-refractivity contribution in [3.05, 3.63) is 162 Å². The number of carboxylic acids is 4. The van der Waals surface area contributed by atoms with Crippen molar-refractivity contribution in [3.63, 3.8) is 0 Å². The second kappa shape index (κ2) is 33.7. The highest BCUT2D eigenvalue weighted by molar-refractivity contribution is 5.94. The summed E-state index contributed by atoms with van der Waals surface area (Å²) >= 11 is 0. The number of carbonyl (C=O) groups is 4. The molecule has 0 amide bonds. The van der Waals surface area contributed by atoms with E-state index in [1.807, 2.05) is 41.5 Å². The molecule has 0 radical (unpaired) electrons. The molecule has 34 heteroatoms. The van der Waals surface area contributed by atoms with Gasteiger partial charge >= 0.3 is 30.1 Å². The van der Waals surface area contributed by atoms with Gasteiger partial charge in [0.2, 0.25) is 0 Å².